The normalized spacial score (nSPS) is 11.7. The number of nitrogens with zero attached hydrogens (tertiary/aromatic N) is 2. The average molecular weight is 435 g/mol. The zero-order valence-electron chi connectivity index (χ0n) is 15.9. The second-order valence-corrected chi connectivity index (χ2v) is 13.6. The number of rotatable bonds is 4. The molecule has 0 unspecified atom stereocenters. The van der Waals surface area contributed by atoms with Crippen LogP contribution in [0.3, 0.4) is 0 Å². The van der Waals surface area contributed by atoms with Gasteiger partial charge in [-0.15, -0.1) is 0 Å². The number of halogens is 1. The van der Waals surface area contributed by atoms with Crippen molar-refractivity contribution in [2.24, 2.45) is 0 Å². The van der Waals surface area contributed by atoms with Gasteiger partial charge in [-0.05, 0) is 64.5 Å². The molecule has 2 nitrogen and oxygen atoms in total. The third-order valence-electron chi connectivity index (χ3n) is 4.77. The van der Waals surface area contributed by atoms with Gasteiger partial charge in [-0.1, -0.05) is 56.0 Å². The van der Waals surface area contributed by atoms with Crippen LogP contribution in [0, 0.1) is 0 Å². The van der Waals surface area contributed by atoms with Crippen molar-refractivity contribution in [3.63, 3.8) is 0 Å². The Bertz CT molecular complexity index is 1060. The molecule has 2 aromatic heterocycles. The molecule has 4 rings (SSSR count). The number of hydrogen-bond donors (Lipinski definition) is 0. The quantitative estimate of drug-likeness (QED) is 0.336. The van der Waals surface area contributed by atoms with Gasteiger partial charge in [0.1, 0.15) is 0 Å². The van der Waals surface area contributed by atoms with E-state index in [4.69, 9.17) is 0 Å². The molecule has 0 aliphatic rings. The first-order valence-corrected chi connectivity index (χ1v) is 13.5. The molecule has 2 aromatic carbocycles. The van der Waals surface area contributed by atoms with Crippen LogP contribution in [-0.4, -0.2) is 17.2 Å². The van der Waals surface area contributed by atoms with Gasteiger partial charge < -0.3 is 9.13 Å². The minimum atomic E-state index is -1.52. The lowest BCUT2D eigenvalue weighted by Crippen LogP contribution is -2.42. The van der Waals surface area contributed by atoms with Crippen LogP contribution in [-0.2, 0) is 0 Å². The first kappa shape index (κ1) is 18.1. The molecule has 0 aliphatic carbocycles. The number of aromatic nitrogens is 2. The Kier molecular flexibility index (Phi) is 4.70. The molecule has 0 fully saturated rings. The van der Waals surface area contributed by atoms with E-state index in [-0.39, 0.29) is 0 Å². The van der Waals surface area contributed by atoms with Crippen LogP contribution in [0.2, 0.25) is 19.6 Å². The summed E-state index contributed by atoms with van der Waals surface area (Å²) in [7, 11) is -1.52. The fourth-order valence-corrected chi connectivity index (χ4v) is 5.56. The van der Waals surface area contributed by atoms with Gasteiger partial charge in [0.25, 0.3) is 0 Å². The maximum Gasteiger partial charge on any atom is 0.0990 e. The summed E-state index contributed by atoms with van der Waals surface area (Å²) in [6.45, 7) is 7.20. The van der Waals surface area contributed by atoms with E-state index in [1.165, 1.54) is 22.4 Å². The van der Waals surface area contributed by atoms with Crippen molar-refractivity contribution in [1.82, 2.24) is 9.13 Å². The number of benzene rings is 2. The molecule has 0 spiro atoms. The van der Waals surface area contributed by atoms with E-state index in [2.05, 4.69) is 130 Å². The van der Waals surface area contributed by atoms with Crippen LogP contribution in [0.1, 0.15) is 0 Å². The summed E-state index contributed by atoms with van der Waals surface area (Å²) < 4.78 is 5.76. The molecular formula is C23H23BrN2Si. The Morgan fingerprint density at radius 2 is 1.07 bits per heavy atom. The van der Waals surface area contributed by atoms with E-state index >= 15 is 0 Å². The minimum absolute atomic E-state index is 1.05. The molecule has 0 saturated heterocycles. The van der Waals surface area contributed by atoms with E-state index in [1.54, 1.807) is 0 Å². The van der Waals surface area contributed by atoms with Gasteiger partial charge in [-0.2, -0.15) is 0 Å². The molecule has 4 heteroatoms. The van der Waals surface area contributed by atoms with E-state index in [0.29, 0.717) is 0 Å². The molecule has 27 heavy (non-hydrogen) atoms. The van der Waals surface area contributed by atoms with Crippen LogP contribution in [0.15, 0.2) is 89.5 Å². The van der Waals surface area contributed by atoms with E-state index in [0.717, 1.165) is 10.3 Å². The molecule has 4 aromatic rings. The first-order valence-electron chi connectivity index (χ1n) is 9.17. The van der Waals surface area contributed by atoms with Gasteiger partial charge in [-0.3, -0.25) is 0 Å². The number of para-hydroxylation sites is 2. The standard InChI is InChI=1S/C23H23BrN2Si/c1-27(2,3)23-17-15-21(26(23)19-12-8-5-9-13-19)20-14-16-22(24)25(20)18-10-6-4-7-11-18/h4-17H,1-3H3. The highest BCUT2D eigenvalue weighted by Crippen LogP contribution is 2.31. The highest BCUT2D eigenvalue weighted by molar-refractivity contribution is 9.10. The van der Waals surface area contributed by atoms with E-state index in [9.17, 15) is 0 Å². The second-order valence-electron chi connectivity index (χ2n) is 7.74. The van der Waals surface area contributed by atoms with Crippen molar-refractivity contribution in [3.8, 4) is 22.8 Å². The highest BCUT2D eigenvalue weighted by atomic mass is 79.9. The third kappa shape index (κ3) is 3.35. The molecule has 0 aliphatic heterocycles. The van der Waals surface area contributed by atoms with Crippen LogP contribution in [0.4, 0.5) is 0 Å². The summed E-state index contributed by atoms with van der Waals surface area (Å²) in [5, 5.41) is 1.43. The van der Waals surface area contributed by atoms with Gasteiger partial charge in [0.15, 0.2) is 0 Å². The summed E-state index contributed by atoms with van der Waals surface area (Å²) in [5.74, 6) is 0. The molecule has 0 atom stereocenters. The Morgan fingerprint density at radius 3 is 1.63 bits per heavy atom. The van der Waals surface area contributed by atoms with E-state index < -0.39 is 8.07 Å². The lowest BCUT2D eigenvalue weighted by molar-refractivity contribution is 1.02. The van der Waals surface area contributed by atoms with Crippen LogP contribution >= 0.6 is 15.9 Å². The summed E-state index contributed by atoms with van der Waals surface area (Å²) in [6.07, 6.45) is 0. The topological polar surface area (TPSA) is 9.86 Å². The molecule has 0 saturated carbocycles. The summed E-state index contributed by atoms with van der Waals surface area (Å²) in [6, 6.07) is 30.1. The molecule has 0 N–H and O–H groups in total. The third-order valence-corrected chi connectivity index (χ3v) is 7.32. The Balaban J connectivity index is 1.99. The fraction of sp³-hybridized carbons (Fsp3) is 0.130. The highest BCUT2D eigenvalue weighted by Gasteiger charge is 2.25. The van der Waals surface area contributed by atoms with Crippen LogP contribution in [0.25, 0.3) is 22.8 Å². The lowest BCUT2D eigenvalue weighted by atomic mass is 10.2. The van der Waals surface area contributed by atoms with Crippen molar-refractivity contribution in [3.05, 3.63) is 89.5 Å². The Morgan fingerprint density at radius 1 is 0.593 bits per heavy atom. The van der Waals surface area contributed by atoms with Crippen molar-refractivity contribution in [1.29, 1.82) is 0 Å². The molecule has 2 heterocycles. The average Bonchev–Trinajstić information content (AvgIpc) is 3.26. The Hall–Kier alpha value is -2.30. The van der Waals surface area contributed by atoms with Crippen molar-refractivity contribution in [2.45, 2.75) is 19.6 Å². The smallest absolute Gasteiger partial charge is 0.0990 e. The zero-order valence-corrected chi connectivity index (χ0v) is 18.4. The predicted molar refractivity (Wildman–Crippen MR) is 121 cm³/mol. The Labute approximate surface area is 170 Å². The zero-order chi connectivity index (χ0) is 19.0. The monoisotopic (exact) mass is 434 g/mol. The maximum absolute atomic E-state index is 3.74. The number of hydrogen-bond acceptors (Lipinski definition) is 0. The van der Waals surface area contributed by atoms with Crippen LogP contribution in [0.5, 0.6) is 0 Å². The van der Waals surface area contributed by atoms with E-state index in [1.807, 2.05) is 0 Å². The maximum atomic E-state index is 3.74. The van der Waals surface area contributed by atoms with Gasteiger partial charge in [0.2, 0.25) is 0 Å². The fourth-order valence-electron chi connectivity index (χ4n) is 3.53. The van der Waals surface area contributed by atoms with Gasteiger partial charge in [0.05, 0.1) is 24.1 Å². The lowest BCUT2D eigenvalue weighted by Gasteiger charge is -2.22. The predicted octanol–water partition coefficient (Wildman–Crippen LogP) is 6.24. The minimum Gasteiger partial charge on any atom is -0.316 e. The molecule has 136 valence electrons. The first-order chi connectivity index (χ1) is 13.0. The van der Waals surface area contributed by atoms with Gasteiger partial charge >= 0.3 is 0 Å². The summed E-state index contributed by atoms with van der Waals surface area (Å²) in [5.41, 5.74) is 4.77. The van der Waals surface area contributed by atoms with Crippen molar-refractivity contribution >= 4 is 29.3 Å². The van der Waals surface area contributed by atoms with Crippen molar-refractivity contribution < 1.29 is 0 Å². The molecule has 0 amide bonds. The molecule has 0 bridgehead atoms. The molecular weight excluding hydrogens is 412 g/mol. The largest absolute Gasteiger partial charge is 0.316 e. The van der Waals surface area contributed by atoms with Crippen LogP contribution < -0.4 is 5.32 Å². The SMILES string of the molecule is C[Si](C)(C)c1ccc(-c2ccc(Br)n2-c2ccccc2)n1-c1ccccc1. The van der Waals surface area contributed by atoms with Crippen molar-refractivity contribution in [2.75, 3.05) is 0 Å². The second kappa shape index (κ2) is 7.02. The van der Waals surface area contributed by atoms with Gasteiger partial charge in [0, 0.05) is 16.7 Å². The van der Waals surface area contributed by atoms with Gasteiger partial charge in [-0.25, -0.2) is 0 Å². The summed E-state index contributed by atoms with van der Waals surface area (Å²) in [4.78, 5) is 0. The summed E-state index contributed by atoms with van der Waals surface area (Å²) >= 11 is 3.74. The molecule has 0 radical (unpaired) electrons.